The maximum Gasteiger partial charge on any atom is 0.254 e. The second-order valence-electron chi connectivity index (χ2n) is 9.08. The van der Waals surface area contributed by atoms with Gasteiger partial charge in [-0.15, -0.1) is 0 Å². The van der Waals surface area contributed by atoms with Crippen molar-refractivity contribution in [2.24, 2.45) is 13.0 Å². The number of pyridine rings is 2. The van der Waals surface area contributed by atoms with Crippen LogP contribution in [0.4, 0.5) is 0 Å². The monoisotopic (exact) mass is 412 g/mol. The molecular weight excluding hydrogens is 380 g/mol. The molecular formula is C23H32N4O3. The molecule has 2 fully saturated rings. The van der Waals surface area contributed by atoms with Crippen LogP contribution in [0, 0.1) is 12.8 Å². The molecule has 7 heteroatoms. The summed E-state index contributed by atoms with van der Waals surface area (Å²) in [5, 5.41) is 7.38. The number of carbonyl (C=O) groups excluding carboxylic acids is 1. The molecule has 30 heavy (non-hydrogen) atoms. The van der Waals surface area contributed by atoms with Gasteiger partial charge in [0.25, 0.3) is 5.56 Å². The largest absolute Gasteiger partial charge is 0.359 e. The predicted octanol–water partition coefficient (Wildman–Crippen LogP) is 2.35. The van der Waals surface area contributed by atoms with E-state index in [-0.39, 0.29) is 41.8 Å². The molecule has 6 atom stereocenters. The number of hydrogen-bond donors (Lipinski definition) is 2. The van der Waals surface area contributed by atoms with Crippen LogP contribution in [-0.4, -0.2) is 39.9 Å². The van der Waals surface area contributed by atoms with Crippen LogP contribution in [-0.2, 0) is 16.6 Å². The minimum atomic E-state index is -0.333. The number of aromatic nitrogens is 2. The van der Waals surface area contributed by atoms with Crippen LogP contribution in [0.1, 0.15) is 57.2 Å². The van der Waals surface area contributed by atoms with E-state index in [4.69, 9.17) is 4.74 Å². The van der Waals surface area contributed by atoms with Gasteiger partial charge in [0.05, 0.1) is 11.6 Å². The maximum atomic E-state index is 13.2. The summed E-state index contributed by atoms with van der Waals surface area (Å²) in [4.78, 5) is 30.4. The summed E-state index contributed by atoms with van der Waals surface area (Å²) >= 11 is 0. The fourth-order valence-electron chi connectivity index (χ4n) is 5.05. The average molecular weight is 413 g/mol. The molecule has 6 unspecified atom stereocenters. The van der Waals surface area contributed by atoms with E-state index >= 15 is 0 Å². The van der Waals surface area contributed by atoms with Crippen LogP contribution in [0.2, 0.25) is 0 Å². The minimum Gasteiger partial charge on any atom is -0.359 e. The highest BCUT2D eigenvalue weighted by molar-refractivity contribution is 5.83. The summed E-state index contributed by atoms with van der Waals surface area (Å²) in [6.07, 6.45) is 4.24. The molecule has 2 N–H and O–H groups in total. The third kappa shape index (κ3) is 3.88. The fraction of sp³-hybridized carbons (Fsp3) is 0.609. The van der Waals surface area contributed by atoms with Gasteiger partial charge in [-0.1, -0.05) is 6.92 Å². The summed E-state index contributed by atoms with van der Waals surface area (Å²) in [7, 11) is 1.83. The Labute approximate surface area is 177 Å². The average Bonchev–Trinajstić information content (AvgIpc) is 3.05. The molecule has 0 radical (unpaired) electrons. The first-order valence-electron chi connectivity index (χ1n) is 10.9. The third-order valence-corrected chi connectivity index (χ3v) is 6.80. The Bertz CT molecular complexity index is 1020. The van der Waals surface area contributed by atoms with Gasteiger partial charge >= 0.3 is 0 Å². The zero-order valence-corrected chi connectivity index (χ0v) is 18.4. The van der Waals surface area contributed by atoms with Gasteiger partial charge in [-0.05, 0) is 64.0 Å². The van der Waals surface area contributed by atoms with Crippen molar-refractivity contribution >= 4 is 16.8 Å². The number of nitrogens with zero attached hydrogens (tertiary/aromatic N) is 2. The molecule has 0 spiro atoms. The Morgan fingerprint density at radius 1 is 1.27 bits per heavy atom. The van der Waals surface area contributed by atoms with Crippen LogP contribution in [0.25, 0.3) is 10.9 Å². The number of nitrogens with one attached hydrogen (secondary N) is 2. The number of fused-ring (bicyclic) bond motifs is 1. The van der Waals surface area contributed by atoms with Crippen molar-refractivity contribution in [1.29, 1.82) is 0 Å². The van der Waals surface area contributed by atoms with E-state index in [1.54, 1.807) is 4.57 Å². The number of rotatable bonds is 3. The van der Waals surface area contributed by atoms with Crippen molar-refractivity contribution in [3.8, 4) is 0 Å². The molecule has 4 rings (SSSR count). The highest BCUT2D eigenvalue weighted by Crippen LogP contribution is 2.37. The lowest BCUT2D eigenvalue weighted by molar-refractivity contribution is -0.124. The standard InChI is InChI=1S/C23H32N4O3/c1-12-6-7-17(26-22(28)21-14(3)30-15(4)25-21)10-18(12)19-9-16-11-24-13(2)8-20(16)27(5)23(19)29/h8-9,11-12,14-15,17-18,21,25H,6-7,10H2,1-5H3,(H,26,28). The molecule has 0 aromatic carbocycles. The molecule has 7 nitrogen and oxygen atoms in total. The van der Waals surface area contributed by atoms with Crippen molar-refractivity contribution in [2.45, 2.75) is 77.3 Å². The molecule has 1 aliphatic heterocycles. The van der Waals surface area contributed by atoms with Crippen LogP contribution < -0.4 is 16.2 Å². The number of amides is 1. The van der Waals surface area contributed by atoms with Gasteiger partial charge in [-0.3, -0.25) is 19.9 Å². The summed E-state index contributed by atoms with van der Waals surface area (Å²) in [5.74, 6) is 0.474. The second kappa shape index (κ2) is 8.12. The van der Waals surface area contributed by atoms with E-state index in [0.717, 1.165) is 41.4 Å². The van der Waals surface area contributed by atoms with Gasteiger partial charge in [0.15, 0.2) is 0 Å². The molecule has 3 heterocycles. The molecule has 2 aliphatic rings. The normalized spacial score (nSPS) is 31.8. The Hall–Kier alpha value is -2.25. The number of aryl methyl sites for hydroxylation is 2. The minimum absolute atomic E-state index is 0.0174. The van der Waals surface area contributed by atoms with Gasteiger partial charge in [0, 0.05) is 35.9 Å². The van der Waals surface area contributed by atoms with Crippen LogP contribution in [0.15, 0.2) is 23.1 Å². The predicted molar refractivity (Wildman–Crippen MR) is 116 cm³/mol. The van der Waals surface area contributed by atoms with Crippen molar-refractivity contribution < 1.29 is 9.53 Å². The Morgan fingerprint density at radius 3 is 2.73 bits per heavy atom. The van der Waals surface area contributed by atoms with Crippen LogP contribution >= 0.6 is 0 Å². The molecule has 0 bridgehead atoms. The number of ether oxygens (including phenoxy) is 1. The maximum absolute atomic E-state index is 13.2. The Balaban J connectivity index is 1.57. The highest BCUT2D eigenvalue weighted by Gasteiger charge is 2.37. The molecule has 1 saturated heterocycles. The molecule has 2 aromatic heterocycles. The van der Waals surface area contributed by atoms with E-state index < -0.39 is 0 Å². The van der Waals surface area contributed by atoms with Crippen molar-refractivity contribution in [3.63, 3.8) is 0 Å². The van der Waals surface area contributed by atoms with Crippen molar-refractivity contribution in [2.75, 3.05) is 0 Å². The van der Waals surface area contributed by atoms with Crippen LogP contribution in [0.3, 0.4) is 0 Å². The summed E-state index contributed by atoms with van der Waals surface area (Å²) in [6.45, 7) is 7.96. The first-order chi connectivity index (χ1) is 14.2. The summed E-state index contributed by atoms with van der Waals surface area (Å²) in [6, 6.07) is 3.68. The third-order valence-electron chi connectivity index (χ3n) is 6.80. The molecule has 1 amide bonds. The molecule has 1 saturated carbocycles. The number of carbonyl (C=O) groups is 1. The smallest absolute Gasteiger partial charge is 0.254 e. The van der Waals surface area contributed by atoms with Gasteiger partial charge in [-0.25, -0.2) is 0 Å². The number of hydrogen-bond acceptors (Lipinski definition) is 5. The molecule has 162 valence electrons. The van der Waals surface area contributed by atoms with Crippen molar-refractivity contribution in [1.82, 2.24) is 20.2 Å². The topological polar surface area (TPSA) is 85.2 Å². The van der Waals surface area contributed by atoms with E-state index in [1.807, 2.05) is 46.1 Å². The summed E-state index contributed by atoms with van der Waals surface area (Å²) < 4.78 is 7.38. The lowest BCUT2D eigenvalue weighted by Gasteiger charge is -2.35. The highest BCUT2D eigenvalue weighted by atomic mass is 16.5. The zero-order valence-electron chi connectivity index (χ0n) is 18.4. The van der Waals surface area contributed by atoms with E-state index in [9.17, 15) is 9.59 Å². The van der Waals surface area contributed by atoms with Gasteiger partial charge in [0.1, 0.15) is 12.3 Å². The lowest BCUT2D eigenvalue weighted by atomic mass is 9.74. The second-order valence-corrected chi connectivity index (χ2v) is 9.08. The van der Waals surface area contributed by atoms with E-state index in [1.165, 1.54) is 0 Å². The summed E-state index contributed by atoms with van der Waals surface area (Å²) in [5.41, 5.74) is 2.67. The Kier molecular flexibility index (Phi) is 5.68. The SMILES string of the molecule is Cc1cc2c(cn1)cc(C1CC(NC(=O)C3NC(C)OC3C)CCC1C)c(=O)n2C. The van der Waals surface area contributed by atoms with Crippen molar-refractivity contribution in [3.05, 3.63) is 39.9 Å². The zero-order chi connectivity index (χ0) is 21.6. The Morgan fingerprint density at radius 2 is 2.03 bits per heavy atom. The van der Waals surface area contributed by atoms with Gasteiger partial charge < -0.3 is 14.6 Å². The quantitative estimate of drug-likeness (QED) is 0.808. The first kappa shape index (κ1) is 21.0. The van der Waals surface area contributed by atoms with E-state index in [0.29, 0.717) is 5.92 Å². The van der Waals surface area contributed by atoms with E-state index in [2.05, 4.69) is 22.5 Å². The lowest BCUT2D eigenvalue weighted by Crippen LogP contribution is -2.50. The fourth-order valence-corrected chi connectivity index (χ4v) is 5.05. The van der Waals surface area contributed by atoms with Gasteiger partial charge in [0.2, 0.25) is 5.91 Å². The first-order valence-corrected chi connectivity index (χ1v) is 10.9. The van der Waals surface area contributed by atoms with Gasteiger partial charge in [-0.2, -0.15) is 0 Å². The molecule has 2 aromatic rings. The molecule has 1 aliphatic carbocycles. The van der Waals surface area contributed by atoms with Crippen LogP contribution in [0.5, 0.6) is 0 Å².